The fourth-order valence-corrected chi connectivity index (χ4v) is 13.3. The molecule has 0 saturated heterocycles. The summed E-state index contributed by atoms with van der Waals surface area (Å²) >= 11 is 0. The normalized spacial score (nSPS) is 10.4. The van der Waals surface area contributed by atoms with E-state index in [0.29, 0.717) is 0 Å². The van der Waals surface area contributed by atoms with Crippen molar-refractivity contribution in [2.75, 3.05) is 0 Å². The van der Waals surface area contributed by atoms with Gasteiger partial charge in [0, 0.05) is 14.5 Å². The van der Waals surface area contributed by atoms with Crippen LogP contribution in [-0.2, 0) is 49.6 Å². The van der Waals surface area contributed by atoms with E-state index in [4.69, 9.17) is 0 Å². The van der Waals surface area contributed by atoms with Crippen LogP contribution in [0.2, 0.25) is 0 Å². The number of ketones is 1. The molecule has 0 saturated carbocycles. The van der Waals surface area contributed by atoms with Crippen molar-refractivity contribution >= 4 is 52.1 Å². The zero-order chi connectivity index (χ0) is 28.7. The second-order valence-corrected chi connectivity index (χ2v) is 16.6. The predicted octanol–water partition coefficient (Wildman–Crippen LogP) is 0.870. The van der Waals surface area contributed by atoms with Gasteiger partial charge in [0.15, 0.2) is 0 Å². The van der Waals surface area contributed by atoms with Crippen LogP contribution in [0.15, 0.2) is 182 Å². The third-order valence-electron chi connectivity index (χ3n) is 7.62. The van der Waals surface area contributed by atoms with E-state index in [1.807, 2.05) is 36.4 Å². The zero-order valence-electron chi connectivity index (χ0n) is 24.6. The quantitative estimate of drug-likeness (QED) is 0.113. The van der Waals surface area contributed by atoms with Crippen LogP contribution in [0, 0.1) is 12.3 Å². The molecular formula is C39H32Au2Cl2OP2. The topological polar surface area (TPSA) is 17.1 Å². The third-order valence-corrected chi connectivity index (χ3v) is 15.6. The fourth-order valence-electron chi connectivity index (χ4n) is 5.74. The van der Waals surface area contributed by atoms with Gasteiger partial charge in [0.25, 0.3) is 0 Å². The first-order chi connectivity index (χ1) is 20.7. The van der Waals surface area contributed by atoms with Crippen molar-refractivity contribution in [3.05, 3.63) is 194 Å². The van der Waals surface area contributed by atoms with Gasteiger partial charge in [-0.15, -0.1) is 0 Å². The minimum atomic E-state index is -2.46. The third kappa shape index (κ3) is 8.19. The van der Waals surface area contributed by atoms with E-state index >= 15 is 0 Å². The number of Topliss-reactive ketones (excluding diaryl/α,β-unsaturated/α-hetero) is 1. The Bertz CT molecular complexity index is 1410. The minimum Gasteiger partial charge on any atom is -1.00 e. The Kier molecular flexibility index (Phi) is 16.3. The zero-order valence-corrected chi connectivity index (χ0v) is 32.3. The summed E-state index contributed by atoms with van der Waals surface area (Å²) in [7, 11) is -4.92. The van der Waals surface area contributed by atoms with Gasteiger partial charge in [-0.25, -0.2) is 0 Å². The van der Waals surface area contributed by atoms with Gasteiger partial charge in [-0.1, -0.05) is 115 Å². The van der Waals surface area contributed by atoms with E-state index in [9.17, 15) is 4.79 Å². The van der Waals surface area contributed by atoms with Crippen LogP contribution >= 0.6 is 14.5 Å². The smallest absolute Gasteiger partial charge is 1.00 e. The average Bonchev–Trinajstić information content (AvgIpc) is 3.08. The van der Waals surface area contributed by atoms with Crippen LogP contribution in [0.25, 0.3) is 0 Å². The van der Waals surface area contributed by atoms with Crippen LogP contribution in [0.4, 0.5) is 0 Å². The molecule has 6 aromatic rings. The molecule has 0 aliphatic rings. The number of benzene rings is 6. The molecule has 240 valence electrons. The summed E-state index contributed by atoms with van der Waals surface area (Å²) in [5.74, 6) is 0.0461. The number of hydrogen-bond donors (Lipinski definition) is 0. The Morgan fingerprint density at radius 2 is 0.478 bits per heavy atom. The largest absolute Gasteiger partial charge is 1.00 e. The summed E-state index contributed by atoms with van der Waals surface area (Å²) in [6.07, 6.45) is 4.10. The van der Waals surface area contributed by atoms with Crippen LogP contribution in [0.5, 0.6) is 0 Å². The maximum Gasteiger partial charge on any atom is 1.00 e. The first-order valence-electron chi connectivity index (χ1n) is 14.1. The van der Waals surface area contributed by atoms with Crippen molar-refractivity contribution in [2.24, 2.45) is 0 Å². The van der Waals surface area contributed by atoms with Gasteiger partial charge in [0.05, 0.1) is 31.8 Å². The Morgan fingerprint density at radius 1 is 0.326 bits per heavy atom. The van der Waals surface area contributed by atoms with Crippen molar-refractivity contribution in [2.45, 2.75) is 0 Å². The number of carbonyl (C=O) groups is 1. The minimum absolute atomic E-state index is 0. The van der Waals surface area contributed by atoms with Gasteiger partial charge >= 0.3 is 44.8 Å². The molecule has 46 heavy (non-hydrogen) atoms. The van der Waals surface area contributed by atoms with Gasteiger partial charge in [-0.05, 0) is 72.8 Å². The molecule has 0 N–H and O–H groups in total. The first-order valence-corrected chi connectivity index (χ1v) is 17.8. The summed E-state index contributed by atoms with van der Waals surface area (Å²) in [4.78, 5) is 14.9. The number of carbonyl (C=O) groups excluding carboxylic acids is 1. The average molecular weight is 1040 g/mol. The maximum absolute atomic E-state index is 14.9. The predicted molar refractivity (Wildman–Crippen MR) is 184 cm³/mol. The van der Waals surface area contributed by atoms with Gasteiger partial charge in [-0.2, -0.15) is 12.3 Å². The Balaban J connectivity index is 0.00000184. The first kappa shape index (κ1) is 39.8. The molecule has 0 aliphatic carbocycles. The molecule has 0 atom stereocenters. The number of halogens is 2. The van der Waals surface area contributed by atoms with E-state index in [-0.39, 0.29) is 75.4 Å². The van der Waals surface area contributed by atoms with Crippen LogP contribution in [-0.4, -0.2) is 5.78 Å². The monoisotopic (exact) mass is 1040 g/mol. The van der Waals surface area contributed by atoms with Gasteiger partial charge in [0.2, 0.25) is 0 Å². The molecule has 0 aromatic heterocycles. The molecule has 6 aromatic carbocycles. The molecule has 6 rings (SSSR count). The Morgan fingerprint density at radius 3 is 0.630 bits per heavy atom. The van der Waals surface area contributed by atoms with Crippen LogP contribution in [0.1, 0.15) is 0 Å². The fraction of sp³-hybridized carbons (Fsp3) is 0. The second-order valence-electron chi connectivity index (χ2n) is 10.1. The Labute approximate surface area is 318 Å². The SMILES string of the molecule is O=C([CH-][P+](c1ccccc1)(c1ccccc1)c1ccccc1)[CH-][P+](c1ccccc1)(c1ccccc1)c1ccccc1.[Au+].[Au+].[Cl-].[Cl-]. The number of rotatable bonds is 10. The molecule has 0 amide bonds. The van der Waals surface area contributed by atoms with Gasteiger partial charge in [-0.3, -0.25) is 0 Å². The van der Waals surface area contributed by atoms with Crippen LogP contribution < -0.4 is 56.6 Å². The molecular weight excluding hydrogens is 1010 g/mol. The molecule has 1 nitrogen and oxygen atoms in total. The van der Waals surface area contributed by atoms with Crippen molar-refractivity contribution in [3.63, 3.8) is 0 Å². The van der Waals surface area contributed by atoms with Crippen molar-refractivity contribution in [3.8, 4) is 0 Å². The van der Waals surface area contributed by atoms with Crippen molar-refractivity contribution in [1.29, 1.82) is 0 Å². The van der Waals surface area contributed by atoms with Gasteiger partial charge < -0.3 is 29.6 Å². The number of hydrogen-bond acceptors (Lipinski definition) is 1. The molecule has 0 bridgehead atoms. The van der Waals surface area contributed by atoms with E-state index in [2.05, 4.69) is 158 Å². The Hall–Kier alpha value is -2.35. The molecule has 0 heterocycles. The summed E-state index contributed by atoms with van der Waals surface area (Å²) < 4.78 is 0. The molecule has 0 spiro atoms. The van der Waals surface area contributed by atoms with Crippen LogP contribution in [0.3, 0.4) is 0 Å². The van der Waals surface area contributed by atoms with E-state index in [0.717, 1.165) is 31.8 Å². The summed E-state index contributed by atoms with van der Waals surface area (Å²) in [5.41, 5.74) is 0. The van der Waals surface area contributed by atoms with E-state index in [1.165, 1.54) is 0 Å². The summed E-state index contributed by atoms with van der Waals surface area (Å²) in [6, 6.07) is 63.2. The molecule has 7 heteroatoms. The maximum atomic E-state index is 14.9. The van der Waals surface area contributed by atoms with Crippen molar-refractivity contribution < 1.29 is 74.4 Å². The molecule has 0 aliphatic heterocycles. The molecule has 0 radical (unpaired) electrons. The summed E-state index contributed by atoms with van der Waals surface area (Å²) in [6.45, 7) is 0. The van der Waals surface area contributed by atoms with E-state index in [1.54, 1.807) is 0 Å². The second kappa shape index (κ2) is 18.9. The summed E-state index contributed by atoms with van der Waals surface area (Å²) in [5, 5.41) is 6.96. The molecule has 0 unspecified atom stereocenters. The van der Waals surface area contributed by atoms with Crippen molar-refractivity contribution in [1.82, 2.24) is 0 Å². The van der Waals surface area contributed by atoms with E-state index < -0.39 is 14.5 Å². The molecule has 0 fully saturated rings. The standard InChI is InChI=1S/C39H32OP2.2Au.2ClH/c40-33(31-41(34-19-7-1-8-20-34,35-21-9-2-10-22-35)36-23-11-3-12-24-36)32-42(37-25-13-4-14-26-37,38-27-15-5-16-28-38)39-29-17-6-18-30-39;;;;/h1-32H;;;2*1H/q;2*+1;;/p-2. The van der Waals surface area contributed by atoms with Gasteiger partial charge in [0.1, 0.15) is 0 Å².